The second kappa shape index (κ2) is 1.95. The Morgan fingerprint density at radius 2 is 2.22 bits per heavy atom. The monoisotopic (exact) mass is 149 g/mol. The first kappa shape index (κ1) is 6.48. The van der Waals surface area contributed by atoms with Crippen LogP contribution in [-0.2, 0) is 4.57 Å². The topological polar surface area (TPSA) is 77.2 Å². The van der Waals surface area contributed by atoms with Gasteiger partial charge in [-0.05, 0) is 0 Å². The molecule has 0 aliphatic heterocycles. The SMILES string of the molecule is O=P(O)(O)[n+]1cc[nH]c1. The van der Waals surface area contributed by atoms with Crippen LogP contribution in [-0.4, -0.2) is 14.8 Å². The smallest absolute Gasteiger partial charge is 0.290 e. The molecule has 0 fully saturated rings. The van der Waals surface area contributed by atoms with E-state index >= 15 is 0 Å². The lowest BCUT2D eigenvalue weighted by Gasteiger charge is -1.93. The molecule has 0 radical (unpaired) electrons. The Morgan fingerprint density at radius 1 is 1.56 bits per heavy atom. The molecule has 0 aromatic carbocycles. The molecule has 0 amide bonds. The molecule has 1 rings (SSSR count). The maximum atomic E-state index is 10.3. The van der Waals surface area contributed by atoms with Crippen LogP contribution >= 0.6 is 7.75 Å². The molecule has 6 heteroatoms. The summed E-state index contributed by atoms with van der Waals surface area (Å²) in [5, 5.41) is 0. The van der Waals surface area contributed by atoms with E-state index < -0.39 is 7.75 Å². The van der Waals surface area contributed by atoms with Crippen LogP contribution < -0.4 is 4.34 Å². The van der Waals surface area contributed by atoms with Crippen LogP contribution in [0.3, 0.4) is 0 Å². The molecule has 0 spiro atoms. The van der Waals surface area contributed by atoms with Gasteiger partial charge in [-0.1, -0.05) is 0 Å². The van der Waals surface area contributed by atoms with E-state index in [4.69, 9.17) is 9.79 Å². The number of H-pyrrole nitrogens is 1. The van der Waals surface area contributed by atoms with E-state index in [1.807, 2.05) is 0 Å². The maximum absolute atomic E-state index is 10.3. The van der Waals surface area contributed by atoms with Gasteiger partial charge in [-0.25, -0.2) is 9.55 Å². The number of nitrogens with one attached hydrogen (secondary N) is 1. The summed E-state index contributed by atoms with van der Waals surface area (Å²) in [5.41, 5.74) is 0. The number of aromatic nitrogens is 2. The highest BCUT2D eigenvalue weighted by atomic mass is 31.2. The van der Waals surface area contributed by atoms with Crippen molar-refractivity contribution in [2.45, 2.75) is 0 Å². The summed E-state index contributed by atoms with van der Waals surface area (Å²) < 4.78 is 11.1. The average Bonchev–Trinajstić information content (AvgIpc) is 2.08. The van der Waals surface area contributed by atoms with Gasteiger partial charge in [0.25, 0.3) is 0 Å². The Hall–Kier alpha value is -0.640. The molecule has 0 unspecified atom stereocenters. The molecule has 1 heterocycles. The van der Waals surface area contributed by atoms with Gasteiger partial charge in [0.15, 0.2) is 0 Å². The predicted octanol–water partition coefficient (Wildman–Crippen LogP) is -0.757. The molecule has 1 aromatic rings. The number of hydrogen-bond acceptors (Lipinski definition) is 1. The number of imidazole rings is 1. The van der Waals surface area contributed by atoms with E-state index in [0.717, 1.165) is 4.34 Å². The summed E-state index contributed by atoms with van der Waals surface area (Å²) in [6, 6.07) is 0. The highest BCUT2D eigenvalue weighted by Gasteiger charge is 2.21. The van der Waals surface area contributed by atoms with E-state index in [1.54, 1.807) is 0 Å². The van der Waals surface area contributed by atoms with Crippen LogP contribution in [0.15, 0.2) is 18.7 Å². The molecule has 0 atom stereocenters. The Morgan fingerprint density at radius 3 is 2.44 bits per heavy atom. The summed E-state index contributed by atoms with van der Waals surface area (Å²) in [4.78, 5) is 19.4. The van der Waals surface area contributed by atoms with Crippen molar-refractivity contribution in [3.05, 3.63) is 18.7 Å². The Kier molecular flexibility index (Phi) is 1.40. The molecule has 0 saturated carbocycles. The summed E-state index contributed by atoms with van der Waals surface area (Å²) in [6.45, 7) is 0. The van der Waals surface area contributed by atoms with Crippen LogP contribution in [0.2, 0.25) is 0 Å². The van der Waals surface area contributed by atoms with Gasteiger partial charge in [0.2, 0.25) is 6.33 Å². The Labute approximate surface area is 51.2 Å². The first-order valence-electron chi connectivity index (χ1n) is 2.21. The van der Waals surface area contributed by atoms with Gasteiger partial charge in [-0.3, -0.25) is 9.79 Å². The lowest BCUT2D eigenvalue weighted by atomic mass is 11.0. The third kappa shape index (κ3) is 1.38. The number of nitrogens with zero attached hydrogens (tertiary/aromatic N) is 1. The van der Waals surface area contributed by atoms with Gasteiger partial charge in [-0.15, -0.1) is 4.34 Å². The van der Waals surface area contributed by atoms with E-state index in [2.05, 4.69) is 4.98 Å². The van der Waals surface area contributed by atoms with Crippen LogP contribution in [0.4, 0.5) is 0 Å². The van der Waals surface area contributed by atoms with Gasteiger partial charge in [0.1, 0.15) is 12.4 Å². The number of rotatable bonds is 1. The summed E-state index contributed by atoms with van der Waals surface area (Å²) in [7, 11) is -4.08. The van der Waals surface area contributed by atoms with Crippen LogP contribution in [0.1, 0.15) is 0 Å². The number of hydrogen-bond donors (Lipinski definition) is 3. The third-order valence-corrected chi connectivity index (χ3v) is 1.68. The van der Waals surface area contributed by atoms with Gasteiger partial charge < -0.3 is 0 Å². The summed E-state index contributed by atoms with van der Waals surface area (Å²) in [6.07, 6.45) is 3.89. The fourth-order valence-corrected chi connectivity index (χ4v) is 0.901. The fraction of sp³-hybridized carbons (Fsp3) is 0. The molecule has 5 nitrogen and oxygen atoms in total. The van der Waals surface area contributed by atoms with Crippen molar-refractivity contribution in [3.8, 4) is 0 Å². The summed E-state index contributed by atoms with van der Waals surface area (Å²) >= 11 is 0. The zero-order chi connectivity index (χ0) is 6.91. The predicted molar refractivity (Wildman–Crippen MR) is 28.4 cm³/mol. The zero-order valence-corrected chi connectivity index (χ0v) is 5.32. The molecular formula is C3H6N2O3P+. The average molecular weight is 149 g/mol. The zero-order valence-electron chi connectivity index (χ0n) is 4.43. The molecule has 3 N–H and O–H groups in total. The van der Waals surface area contributed by atoms with Crippen molar-refractivity contribution in [3.63, 3.8) is 0 Å². The first-order chi connectivity index (χ1) is 4.11. The maximum Gasteiger partial charge on any atom is 0.522 e. The minimum absolute atomic E-state index is 0.799. The lowest BCUT2D eigenvalue weighted by Crippen LogP contribution is -2.26. The van der Waals surface area contributed by atoms with Gasteiger partial charge in [0.05, 0.1) is 0 Å². The second-order valence-electron chi connectivity index (χ2n) is 1.50. The van der Waals surface area contributed by atoms with E-state index in [9.17, 15) is 4.57 Å². The molecule has 50 valence electrons. The molecule has 0 bridgehead atoms. The van der Waals surface area contributed by atoms with E-state index in [1.165, 1.54) is 18.7 Å². The Bertz CT molecular complexity index is 225. The van der Waals surface area contributed by atoms with Gasteiger partial charge in [0, 0.05) is 0 Å². The van der Waals surface area contributed by atoms with Crippen LogP contribution in [0, 0.1) is 0 Å². The first-order valence-corrected chi connectivity index (χ1v) is 3.77. The van der Waals surface area contributed by atoms with Crippen molar-refractivity contribution < 1.29 is 18.7 Å². The van der Waals surface area contributed by atoms with Crippen molar-refractivity contribution in [2.24, 2.45) is 0 Å². The van der Waals surface area contributed by atoms with E-state index in [0.29, 0.717) is 0 Å². The molecule has 0 aliphatic carbocycles. The highest BCUT2D eigenvalue weighted by Crippen LogP contribution is 2.25. The largest absolute Gasteiger partial charge is 0.522 e. The number of aromatic amines is 1. The van der Waals surface area contributed by atoms with Crippen molar-refractivity contribution >= 4 is 7.75 Å². The minimum Gasteiger partial charge on any atom is -0.290 e. The lowest BCUT2D eigenvalue weighted by molar-refractivity contribution is -0.537. The fourth-order valence-electron chi connectivity index (χ4n) is 0.444. The van der Waals surface area contributed by atoms with Crippen LogP contribution in [0.25, 0.3) is 0 Å². The van der Waals surface area contributed by atoms with Gasteiger partial charge >= 0.3 is 7.75 Å². The highest BCUT2D eigenvalue weighted by molar-refractivity contribution is 7.44. The second-order valence-corrected chi connectivity index (χ2v) is 2.99. The third-order valence-electron chi connectivity index (χ3n) is 0.831. The molecular weight excluding hydrogens is 143 g/mol. The van der Waals surface area contributed by atoms with E-state index in [-0.39, 0.29) is 0 Å². The molecule has 0 aliphatic rings. The standard InChI is InChI=1S/C3H5N2O3P/c6-9(7,8)5-2-1-4-3-5/h1-3H,(H2,6,7,8)/p+1. The Balaban J connectivity index is 3.04. The normalized spacial score (nSPS) is 11.8. The van der Waals surface area contributed by atoms with Crippen LogP contribution in [0.5, 0.6) is 0 Å². The summed E-state index contributed by atoms with van der Waals surface area (Å²) in [5.74, 6) is 0. The van der Waals surface area contributed by atoms with Crippen molar-refractivity contribution in [2.75, 3.05) is 0 Å². The molecule has 0 saturated heterocycles. The quantitative estimate of drug-likeness (QED) is 0.459. The van der Waals surface area contributed by atoms with Crippen molar-refractivity contribution in [1.82, 2.24) is 4.98 Å². The molecule has 1 aromatic heterocycles. The molecule has 9 heavy (non-hydrogen) atoms. The van der Waals surface area contributed by atoms with Crippen molar-refractivity contribution in [1.29, 1.82) is 0 Å². The minimum atomic E-state index is -4.08. The van der Waals surface area contributed by atoms with Gasteiger partial charge in [-0.2, -0.15) is 0 Å².